The smallest absolute Gasteiger partial charge is 0.327 e. The lowest BCUT2D eigenvalue weighted by molar-refractivity contribution is -0.142. The lowest BCUT2D eigenvalue weighted by Gasteiger charge is -2.26. The number of rotatable bonds is 12. The van der Waals surface area contributed by atoms with E-state index in [1.165, 1.54) is 6.92 Å². The van der Waals surface area contributed by atoms with E-state index in [4.69, 9.17) is 16.6 Å². The third-order valence-corrected chi connectivity index (χ3v) is 4.47. The summed E-state index contributed by atoms with van der Waals surface area (Å²) in [6.07, 6.45) is 0.152. The van der Waals surface area contributed by atoms with E-state index >= 15 is 0 Å². The second kappa shape index (κ2) is 12.2. The first-order valence-corrected chi connectivity index (χ1v) is 9.36. The fraction of sp³-hybridized carbons (Fsp3) is 0.688. The van der Waals surface area contributed by atoms with Gasteiger partial charge in [0.25, 0.3) is 0 Å². The highest BCUT2D eigenvalue weighted by Crippen LogP contribution is 2.09. The molecule has 0 heterocycles. The number of carbonyl (C=O) groups excluding carboxylic acids is 4. The molecule has 0 rings (SSSR count). The molecule has 0 aliphatic heterocycles. The number of hydrogen-bond donors (Lipinski definition) is 7. The molecule has 0 bridgehead atoms. The molecule has 5 unspecified atom stereocenters. The van der Waals surface area contributed by atoms with Crippen molar-refractivity contribution in [1.29, 1.82) is 0 Å². The van der Waals surface area contributed by atoms with Crippen molar-refractivity contribution in [3.63, 3.8) is 0 Å². The predicted molar refractivity (Wildman–Crippen MR) is 104 cm³/mol. The number of carboxylic acid groups (broad SMARTS) is 1. The van der Waals surface area contributed by atoms with Crippen LogP contribution in [0.15, 0.2) is 0 Å². The number of primary amides is 1. The maximum Gasteiger partial charge on any atom is 0.327 e. The minimum absolute atomic E-state index is 0.119. The van der Waals surface area contributed by atoms with Crippen LogP contribution in [0.3, 0.4) is 0 Å². The molecule has 0 aromatic heterocycles. The van der Waals surface area contributed by atoms with Gasteiger partial charge < -0.3 is 32.5 Å². The molecule has 0 aromatic rings. The molecule has 11 nitrogen and oxygen atoms in total. The summed E-state index contributed by atoms with van der Waals surface area (Å²) in [5.74, 6) is -4.52. The average Bonchev–Trinajstić information content (AvgIpc) is 2.61. The molecule has 0 aliphatic rings. The van der Waals surface area contributed by atoms with Crippen molar-refractivity contribution in [2.24, 2.45) is 17.4 Å². The Morgan fingerprint density at radius 1 is 1.00 bits per heavy atom. The molecular weight excluding hydrogens is 390 g/mol. The van der Waals surface area contributed by atoms with E-state index in [2.05, 4.69) is 28.6 Å². The minimum Gasteiger partial charge on any atom is -0.480 e. The standard InChI is InChI=1S/C16H29N5O6S/c1-4-7(2)12(15(25)20-10(6-28)16(26)27)21-13(23)8(3)19-14(24)9(17)5-11(18)22/h7-10,12,28H,4-6,17H2,1-3H3,(H2,18,22)(H,19,24)(H,20,25)(H,21,23)(H,26,27). The van der Waals surface area contributed by atoms with Crippen molar-refractivity contribution in [2.45, 2.75) is 57.8 Å². The quantitative estimate of drug-likeness (QED) is 0.173. The van der Waals surface area contributed by atoms with E-state index in [-0.39, 0.29) is 18.1 Å². The second-order valence-electron chi connectivity index (χ2n) is 6.46. The fourth-order valence-corrected chi connectivity index (χ4v) is 2.37. The van der Waals surface area contributed by atoms with E-state index in [0.29, 0.717) is 6.42 Å². The van der Waals surface area contributed by atoms with E-state index in [1.807, 2.05) is 0 Å². The summed E-state index contributed by atoms with van der Waals surface area (Å²) in [5, 5.41) is 16.2. The van der Waals surface area contributed by atoms with Crippen molar-refractivity contribution in [1.82, 2.24) is 16.0 Å². The lowest BCUT2D eigenvalue weighted by Crippen LogP contribution is -2.58. The highest BCUT2D eigenvalue weighted by atomic mass is 32.1. The summed E-state index contributed by atoms with van der Waals surface area (Å²) in [7, 11) is 0. The van der Waals surface area contributed by atoms with Gasteiger partial charge in [-0.15, -0.1) is 0 Å². The third kappa shape index (κ3) is 8.57. The topological polar surface area (TPSA) is 194 Å². The highest BCUT2D eigenvalue weighted by molar-refractivity contribution is 7.80. The lowest BCUT2D eigenvalue weighted by atomic mass is 9.97. The maximum absolute atomic E-state index is 12.4. The molecule has 0 aliphatic carbocycles. The first-order valence-electron chi connectivity index (χ1n) is 8.73. The Hall–Kier alpha value is -2.34. The van der Waals surface area contributed by atoms with Gasteiger partial charge in [0.1, 0.15) is 18.1 Å². The molecule has 160 valence electrons. The van der Waals surface area contributed by atoms with Crippen LogP contribution in [-0.2, 0) is 24.0 Å². The summed E-state index contributed by atoms with van der Waals surface area (Å²) in [5.41, 5.74) is 10.5. The van der Waals surface area contributed by atoms with Gasteiger partial charge in [-0.1, -0.05) is 20.3 Å². The zero-order valence-corrected chi connectivity index (χ0v) is 17.0. The molecular formula is C16H29N5O6S. The molecule has 4 amide bonds. The summed E-state index contributed by atoms with van der Waals surface area (Å²) < 4.78 is 0. The van der Waals surface area contributed by atoms with Gasteiger partial charge in [-0.3, -0.25) is 19.2 Å². The summed E-state index contributed by atoms with van der Waals surface area (Å²) in [6, 6.07) is -4.47. The third-order valence-electron chi connectivity index (χ3n) is 4.10. The highest BCUT2D eigenvalue weighted by Gasteiger charge is 2.31. The summed E-state index contributed by atoms with van der Waals surface area (Å²) in [4.78, 5) is 58.6. The number of nitrogens with two attached hydrogens (primary N) is 2. The summed E-state index contributed by atoms with van der Waals surface area (Å²) in [6.45, 7) is 4.90. The Kier molecular flexibility index (Phi) is 11.2. The summed E-state index contributed by atoms with van der Waals surface area (Å²) >= 11 is 3.88. The average molecular weight is 420 g/mol. The maximum atomic E-state index is 12.4. The van der Waals surface area contributed by atoms with Crippen LogP contribution in [-0.4, -0.2) is 64.6 Å². The van der Waals surface area contributed by atoms with Crippen LogP contribution in [0, 0.1) is 5.92 Å². The fourth-order valence-electron chi connectivity index (χ4n) is 2.12. The van der Waals surface area contributed by atoms with Gasteiger partial charge in [0.05, 0.1) is 12.5 Å². The van der Waals surface area contributed by atoms with E-state index in [1.54, 1.807) is 13.8 Å². The van der Waals surface area contributed by atoms with Crippen molar-refractivity contribution < 1.29 is 29.1 Å². The van der Waals surface area contributed by atoms with Gasteiger partial charge in [-0.2, -0.15) is 12.6 Å². The normalized spacial score (nSPS) is 16.0. The monoisotopic (exact) mass is 419 g/mol. The second-order valence-corrected chi connectivity index (χ2v) is 6.83. The van der Waals surface area contributed by atoms with Crippen LogP contribution in [0.25, 0.3) is 0 Å². The Morgan fingerprint density at radius 3 is 2.00 bits per heavy atom. The van der Waals surface area contributed by atoms with Gasteiger partial charge >= 0.3 is 5.97 Å². The van der Waals surface area contributed by atoms with Gasteiger partial charge in [0.15, 0.2) is 0 Å². The molecule has 0 aromatic carbocycles. The number of nitrogens with one attached hydrogen (secondary N) is 3. The van der Waals surface area contributed by atoms with E-state index < -0.39 is 53.8 Å². The molecule has 0 radical (unpaired) electrons. The first kappa shape index (κ1) is 25.7. The SMILES string of the molecule is CCC(C)C(NC(=O)C(C)NC(=O)C(N)CC(N)=O)C(=O)NC(CS)C(=O)O. The van der Waals surface area contributed by atoms with Gasteiger partial charge in [0.2, 0.25) is 23.6 Å². The Bertz CT molecular complexity index is 602. The molecule has 12 heteroatoms. The van der Waals surface area contributed by atoms with E-state index in [9.17, 15) is 24.0 Å². The van der Waals surface area contributed by atoms with Crippen LogP contribution in [0.1, 0.15) is 33.6 Å². The van der Waals surface area contributed by atoms with Crippen LogP contribution in [0.5, 0.6) is 0 Å². The van der Waals surface area contributed by atoms with Crippen LogP contribution in [0.4, 0.5) is 0 Å². The van der Waals surface area contributed by atoms with Crippen LogP contribution in [0.2, 0.25) is 0 Å². The number of aliphatic carboxylic acids is 1. The van der Waals surface area contributed by atoms with Crippen molar-refractivity contribution in [3.05, 3.63) is 0 Å². The van der Waals surface area contributed by atoms with Crippen LogP contribution < -0.4 is 27.4 Å². The zero-order chi connectivity index (χ0) is 22.0. The molecule has 28 heavy (non-hydrogen) atoms. The van der Waals surface area contributed by atoms with Crippen LogP contribution >= 0.6 is 12.6 Å². The number of hydrogen-bond acceptors (Lipinski definition) is 7. The van der Waals surface area contributed by atoms with Gasteiger partial charge in [0, 0.05) is 5.75 Å². The molecule has 8 N–H and O–H groups in total. The van der Waals surface area contributed by atoms with Crippen molar-refractivity contribution in [2.75, 3.05) is 5.75 Å². The number of thiol groups is 1. The van der Waals surface area contributed by atoms with Gasteiger partial charge in [-0.05, 0) is 12.8 Å². The largest absolute Gasteiger partial charge is 0.480 e. The molecule has 0 saturated heterocycles. The van der Waals surface area contributed by atoms with Crippen molar-refractivity contribution >= 4 is 42.2 Å². The van der Waals surface area contributed by atoms with Crippen molar-refractivity contribution in [3.8, 4) is 0 Å². The molecule has 0 spiro atoms. The molecule has 0 fully saturated rings. The minimum atomic E-state index is -1.25. The zero-order valence-electron chi connectivity index (χ0n) is 16.1. The van der Waals surface area contributed by atoms with Gasteiger partial charge in [-0.25, -0.2) is 4.79 Å². The number of carbonyl (C=O) groups is 5. The molecule has 5 atom stereocenters. The number of carboxylic acids is 1. The Balaban J connectivity index is 5.06. The Morgan fingerprint density at radius 2 is 1.57 bits per heavy atom. The Labute approximate surface area is 168 Å². The first-order chi connectivity index (χ1) is 12.9. The number of amides is 4. The molecule has 0 saturated carbocycles. The van der Waals surface area contributed by atoms with E-state index in [0.717, 1.165) is 0 Å². The predicted octanol–water partition coefficient (Wildman–Crippen LogP) is -2.28.